The molecule has 0 atom stereocenters. The molecule has 1 aliphatic heterocycles. The molecule has 1 aliphatic carbocycles. The van der Waals surface area contributed by atoms with Crippen molar-refractivity contribution in [1.29, 1.82) is 0 Å². The Bertz CT molecular complexity index is 550. The molecule has 0 aromatic heterocycles. The average Bonchev–Trinajstić information content (AvgIpc) is 3.44. The fourth-order valence-electron chi connectivity index (χ4n) is 3.36. The lowest BCUT2D eigenvalue weighted by Crippen LogP contribution is -2.47. The minimum absolute atomic E-state index is 0.130. The van der Waals surface area contributed by atoms with Crippen molar-refractivity contribution in [1.82, 2.24) is 15.5 Å². The lowest BCUT2D eigenvalue weighted by Gasteiger charge is -2.36. The van der Waals surface area contributed by atoms with E-state index in [0.717, 1.165) is 58.2 Å². The summed E-state index contributed by atoms with van der Waals surface area (Å²) in [6, 6.07) is 8.76. The Morgan fingerprint density at radius 3 is 2.72 bits per heavy atom. The van der Waals surface area contributed by atoms with Gasteiger partial charge in [0.1, 0.15) is 0 Å². The molecular weight excluding hydrogens is 312 g/mol. The molecule has 5 nitrogen and oxygen atoms in total. The quantitative estimate of drug-likeness (QED) is 0.669. The Morgan fingerprint density at radius 1 is 1.20 bits per heavy atom. The van der Waals surface area contributed by atoms with Crippen LogP contribution in [0.4, 0.5) is 5.69 Å². The predicted molar refractivity (Wildman–Crippen MR) is 103 cm³/mol. The van der Waals surface area contributed by atoms with Crippen molar-refractivity contribution < 1.29 is 4.79 Å². The van der Waals surface area contributed by atoms with Gasteiger partial charge in [0, 0.05) is 38.4 Å². The van der Waals surface area contributed by atoms with Gasteiger partial charge in [-0.05, 0) is 62.9 Å². The van der Waals surface area contributed by atoms with E-state index in [0.29, 0.717) is 6.54 Å². The lowest BCUT2D eigenvalue weighted by molar-refractivity contribution is -0.120. The van der Waals surface area contributed by atoms with Crippen molar-refractivity contribution in [2.24, 2.45) is 5.92 Å². The Hall–Kier alpha value is -1.59. The molecule has 25 heavy (non-hydrogen) atoms. The van der Waals surface area contributed by atoms with Gasteiger partial charge >= 0.3 is 0 Å². The summed E-state index contributed by atoms with van der Waals surface area (Å²) in [5.74, 6) is 0.955. The molecule has 2 fully saturated rings. The van der Waals surface area contributed by atoms with E-state index < -0.39 is 0 Å². The number of aryl methyl sites for hydroxylation is 1. The summed E-state index contributed by atoms with van der Waals surface area (Å²) in [5.41, 5.74) is 2.66. The third-order valence-electron chi connectivity index (χ3n) is 5.13. The van der Waals surface area contributed by atoms with Gasteiger partial charge in [0.15, 0.2) is 0 Å². The molecule has 2 aliphatic rings. The second-order valence-electron chi connectivity index (χ2n) is 7.45. The summed E-state index contributed by atoms with van der Waals surface area (Å²) in [6.07, 6.45) is 3.68. The van der Waals surface area contributed by atoms with Crippen LogP contribution < -0.4 is 15.5 Å². The van der Waals surface area contributed by atoms with E-state index in [-0.39, 0.29) is 5.91 Å². The summed E-state index contributed by atoms with van der Waals surface area (Å²) in [7, 11) is 0. The molecule has 0 radical (unpaired) electrons. The van der Waals surface area contributed by atoms with Gasteiger partial charge in [-0.3, -0.25) is 9.69 Å². The van der Waals surface area contributed by atoms with Crippen LogP contribution in [-0.2, 0) is 4.79 Å². The van der Waals surface area contributed by atoms with Gasteiger partial charge in [-0.2, -0.15) is 0 Å². The van der Waals surface area contributed by atoms with Crippen LogP contribution in [0.1, 0.15) is 24.8 Å². The van der Waals surface area contributed by atoms with Gasteiger partial charge in [0.25, 0.3) is 0 Å². The molecular formula is C20H32N4O. The zero-order valence-electron chi connectivity index (χ0n) is 15.5. The van der Waals surface area contributed by atoms with Crippen molar-refractivity contribution in [3.8, 4) is 0 Å². The molecule has 1 saturated heterocycles. The number of benzene rings is 1. The number of nitrogens with one attached hydrogen (secondary N) is 2. The molecule has 5 heteroatoms. The normalized spacial score (nSPS) is 18.4. The van der Waals surface area contributed by atoms with Crippen molar-refractivity contribution in [2.45, 2.75) is 26.2 Å². The first-order chi connectivity index (χ1) is 12.2. The number of carbonyl (C=O) groups is 1. The maximum absolute atomic E-state index is 11.7. The molecule has 3 rings (SSSR count). The van der Waals surface area contributed by atoms with E-state index >= 15 is 0 Å². The minimum atomic E-state index is 0.130. The van der Waals surface area contributed by atoms with Gasteiger partial charge < -0.3 is 15.5 Å². The van der Waals surface area contributed by atoms with Crippen LogP contribution in [-0.4, -0.2) is 63.2 Å². The van der Waals surface area contributed by atoms with E-state index in [1.807, 2.05) is 0 Å². The third kappa shape index (κ3) is 6.33. The topological polar surface area (TPSA) is 47.6 Å². The summed E-state index contributed by atoms with van der Waals surface area (Å²) in [5, 5.41) is 6.25. The molecule has 1 aromatic carbocycles. The summed E-state index contributed by atoms with van der Waals surface area (Å²) >= 11 is 0. The van der Waals surface area contributed by atoms with E-state index in [2.05, 4.69) is 51.6 Å². The Morgan fingerprint density at radius 2 is 2.00 bits per heavy atom. The summed E-state index contributed by atoms with van der Waals surface area (Å²) in [4.78, 5) is 16.7. The van der Waals surface area contributed by atoms with Gasteiger partial charge in [0.05, 0.1) is 6.54 Å². The number of piperazine rings is 1. The van der Waals surface area contributed by atoms with Gasteiger partial charge in [-0.15, -0.1) is 0 Å². The van der Waals surface area contributed by atoms with Gasteiger partial charge in [0.2, 0.25) is 5.91 Å². The highest BCUT2D eigenvalue weighted by Crippen LogP contribution is 2.27. The fraction of sp³-hybridized carbons (Fsp3) is 0.650. The van der Waals surface area contributed by atoms with Crippen molar-refractivity contribution >= 4 is 11.6 Å². The highest BCUT2D eigenvalue weighted by atomic mass is 16.1. The van der Waals surface area contributed by atoms with Crippen molar-refractivity contribution in [2.75, 3.05) is 57.3 Å². The molecule has 1 heterocycles. The molecule has 1 amide bonds. The van der Waals surface area contributed by atoms with E-state index in [1.54, 1.807) is 0 Å². The zero-order valence-corrected chi connectivity index (χ0v) is 15.5. The first-order valence-corrected chi connectivity index (χ1v) is 9.72. The number of hydrogen-bond acceptors (Lipinski definition) is 4. The Kier molecular flexibility index (Phi) is 6.70. The Labute approximate surface area is 151 Å². The SMILES string of the molecule is Cc1cccc(N2CCN(CCCNC(=O)CNCC3CC3)CC2)c1. The van der Waals surface area contributed by atoms with Crippen molar-refractivity contribution in [3.63, 3.8) is 0 Å². The second kappa shape index (κ2) is 9.20. The second-order valence-corrected chi connectivity index (χ2v) is 7.45. The smallest absolute Gasteiger partial charge is 0.233 e. The van der Waals surface area contributed by atoms with E-state index in [9.17, 15) is 4.79 Å². The number of anilines is 1. The van der Waals surface area contributed by atoms with Crippen LogP contribution >= 0.6 is 0 Å². The van der Waals surface area contributed by atoms with Crippen molar-refractivity contribution in [3.05, 3.63) is 29.8 Å². The highest BCUT2D eigenvalue weighted by Gasteiger charge is 2.20. The summed E-state index contributed by atoms with van der Waals surface area (Å²) < 4.78 is 0. The lowest BCUT2D eigenvalue weighted by atomic mass is 10.2. The Balaban J connectivity index is 1.24. The van der Waals surface area contributed by atoms with E-state index in [4.69, 9.17) is 0 Å². The number of rotatable bonds is 9. The maximum atomic E-state index is 11.7. The van der Waals surface area contributed by atoms with Gasteiger partial charge in [-0.1, -0.05) is 12.1 Å². The van der Waals surface area contributed by atoms with Crippen LogP contribution in [0.5, 0.6) is 0 Å². The highest BCUT2D eigenvalue weighted by molar-refractivity contribution is 5.77. The van der Waals surface area contributed by atoms with E-state index in [1.165, 1.54) is 24.1 Å². The first kappa shape index (κ1) is 18.2. The van der Waals surface area contributed by atoms with Crippen LogP contribution in [0.15, 0.2) is 24.3 Å². The number of amides is 1. The molecule has 1 aromatic rings. The molecule has 0 spiro atoms. The molecule has 138 valence electrons. The van der Waals surface area contributed by atoms with Crippen LogP contribution in [0, 0.1) is 12.8 Å². The van der Waals surface area contributed by atoms with Crippen LogP contribution in [0.2, 0.25) is 0 Å². The largest absolute Gasteiger partial charge is 0.369 e. The molecule has 2 N–H and O–H groups in total. The first-order valence-electron chi connectivity index (χ1n) is 9.72. The average molecular weight is 345 g/mol. The standard InChI is InChI=1S/C20H32N4O/c1-17-4-2-5-19(14-17)24-12-10-23(11-13-24)9-3-8-22-20(25)16-21-15-18-6-7-18/h2,4-5,14,18,21H,3,6-13,15-16H2,1H3,(H,22,25). The molecule has 0 unspecified atom stereocenters. The van der Waals surface area contributed by atoms with Crippen LogP contribution in [0.3, 0.4) is 0 Å². The van der Waals surface area contributed by atoms with Gasteiger partial charge in [-0.25, -0.2) is 0 Å². The number of carbonyl (C=O) groups excluding carboxylic acids is 1. The minimum Gasteiger partial charge on any atom is -0.369 e. The van der Waals surface area contributed by atoms with Crippen LogP contribution in [0.25, 0.3) is 0 Å². The molecule has 0 bridgehead atoms. The summed E-state index contributed by atoms with van der Waals surface area (Å²) in [6.45, 7) is 9.83. The maximum Gasteiger partial charge on any atom is 0.233 e. The fourth-order valence-corrected chi connectivity index (χ4v) is 3.36. The zero-order chi connectivity index (χ0) is 17.5. The third-order valence-corrected chi connectivity index (χ3v) is 5.13. The number of hydrogen-bond donors (Lipinski definition) is 2. The number of nitrogens with zero attached hydrogens (tertiary/aromatic N) is 2. The predicted octanol–water partition coefficient (Wildman–Crippen LogP) is 1.62. The monoisotopic (exact) mass is 344 g/mol. The molecule has 1 saturated carbocycles.